The Hall–Kier alpha value is -2.84. The van der Waals surface area contributed by atoms with E-state index in [1.807, 2.05) is 0 Å². The molecule has 1 saturated heterocycles. The van der Waals surface area contributed by atoms with Crippen LogP contribution in [0, 0.1) is 0 Å². The first-order valence-electron chi connectivity index (χ1n) is 7.38. The number of furan rings is 1. The Balaban J connectivity index is 1.58. The summed E-state index contributed by atoms with van der Waals surface area (Å²) in [4.78, 5) is 28.9. The zero-order valence-corrected chi connectivity index (χ0v) is 12.5. The molecule has 0 saturated carbocycles. The highest BCUT2D eigenvalue weighted by atomic mass is 16.3. The molecule has 1 atom stereocenters. The standard InChI is InChI=1S/C14H18N6O3/c15-12(21)13-17-9-20(18-13)11-2-1-4-19(7-11)14(22)16-6-10-3-5-23-8-10/h3,5,8-9,11H,1-2,4,6-7H2,(H2,15,21)(H,16,22). The van der Waals surface area contributed by atoms with Gasteiger partial charge >= 0.3 is 6.03 Å². The Bertz CT molecular complexity index is 681. The summed E-state index contributed by atoms with van der Waals surface area (Å²) in [7, 11) is 0. The Kier molecular flexibility index (Phi) is 4.26. The fraction of sp³-hybridized carbons (Fsp3) is 0.429. The number of likely N-dealkylation sites (tertiary alicyclic amines) is 1. The summed E-state index contributed by atoms with van der Waals surface area (Å²) < 4.78 is 6.57. The molecule has 2 aromatic rings. The molecule has 9 heteroatoms. The molecule has 0 spiro atoms. The van der Waals surface area contributed by atoms with Crippen molar-refractivity contribution in [3.05, 3.63) is 36.3 Å². The second-order valence-electron chi connectivity index (χ2n) is 5.44. The van der Waals surface area contributed by atoms with E-state index in [1.54, 1.807) is 28.2 Å². The van der Waals surface area contributed by atoms with Gasteiger partial charge in [-0.2, -0.15) is 0 Å². The van der Waals surface area contributed by atoms with Crippen LogP contribution in [0.1, 0.15) is 35.1 Å². The van der Waals surface area contributed by atoms with Crippen molar-refractivity contribution in [2.45, 2.75) is 25.4 Å². The molecule has 3 heterocycles. The molecule has 1 aliphatic heterocycles. The number of nitrogens with zero attached hydrogens (tertiary/aromatic N) is 4. The van der Waals surface area contributed by atoms with E-state index in [1.165, 1.54) is 6.33 Å². The van der Waals surface area contributed by atoms with Crippen LogP contribution in [0.3, 0.4) is 0 Å². The molecule has 122 valence electrons. The lowest BCUT2D eigenvalue weighted by atomic mass is 10.1. The van der Waals surface area contributed by atoms with Gasteiger partial charge in [0.2, 0.25) is 5.82 Å². The number of hydrogen-bond donors (Lipinski definition) is 2. The van der Waals surface area contributed by atoms with E-state index >= 15 is 0 Å². The topological polar surface area (TPSA) is 119 Å². The maximum atomic E-state index is 12.2. The Morgan fingerprint density at radius 3 is 3.04 bits per heavy atom. The van der Waals surface area contributed by atoms with Crippen LogP contribution in [-0.4, -0.2) is 44.7 Å². The SMILES string of the molecule is NC(=O)c1ncn(C2CCCN(C(=O)NCc3ccoc3)C2)n1. The molecule has 3 N–H and O–H groups in total. The highest BCUT2D eigenvalue weighted by Crippen LogP contribution is 2.20. The summed E-state index contributed by atoms with van der Waals surface area (Å²) in [6.07, 6.45) is 6.37. The molecular formula is C14H18N6O3. The Morgan fingerprint density at radius 1 is 1.48 bits per heavy atom. The van der Waals surface area contributed by atoms with Crippen LogP contribution in [0.4, 0.5) is 4.79 Å². The number of primary amides is 1. The van der Waals surface area contributed by atoms with Gasteiger partial charge in [0.05, 0.1) is 18.6 Å². The summed E-state index contributed by atoms with van der Waals surface area (Å²) in [5.74, 6) is -0.666. The first-order chi connectivity index (χ1) is 11.1. The first-order valence-corrected chi connectivity index (χ1v) is 7.38. The first kappa shape index (κ1) is 15.1. The average molecular weight is 318 g/mol. The molecular weight excluding hydrogens is 300 g/mol. The third-order valence-electron chi connectivity index (χ3n) is 3.81. The lowest BCUT2D eigenvalue weighted by Gasteiger charge is -2.32. The number of amides is 3. The van der Waals surface area contributed by atoms with Crippen LogP contribution in [0.2, 0.25) is 0 Å². The highest BCUT2D eigenvalue weighted by Gasteiger charge is 2.26. The summed E-state index contributed by atoms with van der Waals surface area (Å²) in [5, 5.41) is 6.93. The zero-order valence-electron chi connectivity index (χ0n) is 12.5. The number of carbonyl (C=O) groups is 2. The summed E-state index contributed by atoms with van der Waals surface area (Å²) in [5.41, 5.74) is 6.07. The number of nitrogens with one attached hydrogen (secondary N) is 1. The van der Waals surface area contributed by atoms with Crippen molar-refractivity contribution in [2.75, 3.05) is 13.1 Å². The van der Waals surface area contributed by atoms with Gasteiger partial charge in [0, 0.05) is 25.2 Å². The van der Waals surface area contributed by atoms with Crippen molar-refractivity contribution in [3.63, 3.8) is 0 Å². The van der Waals surface area contributed by atoms with E-state index in [4.69, 9.17) is 10.2 Å². The molecule has 3 amide bonds. The van der Waals surface area contributed by atoms with Gasteiger partial charge in [-0.25, -0.2) is 14.5 Å². The van der Waals surface area contributed by atoms with Crippen molar-refractivity contribution < 1.29 is 14.0 Å². The van der Waals surface area contributed by atoms with Gasteiger partial charge < -0.3 is 20.4 Å². The molecule has 9 nitrogen and oxygen atoms in total. The lowest BCUT2D eigenvalue weighted by molar-refractivity contribution is 0.0989. The predicted molar refractivity (Wildman–Crippen MR) is 79.3 cm³/mol. The number of aromatic nitrogens is 3. The maximum absolute atomic E-state index is 12.2. The van der Waals surface area contributed by atoms with Crippen molar-refractivity contribution in [1.82, 2.24) is 25.0 Å². The zero-order chi connectivity index (χ0) is 16.2. The monoisotopic (exact) mass is 318 g/mol. The van der Waals surface area contributed by atoms with Crippen LogP contribution in [-0.2, 0) is 6.54 Å². The summed E-state index contributed by atoms with van der Waals surface area (Å²) in [6.45, 7) is 1.62. The van der Waals surface area contributed by atoms with Crippen LogP contribution in [0.15, 0.2) is 29.3 Å². The van der Waals surface area contributed by atoms with E-state index < -0.39 is 5.91 Å². The fourth-order valence-corrected chi connectivity index (χ4v) is 2.60. The van der Waals surface area contributed by atoms with E-state index in [0.717, 1.165) is 18.4 Å². The number of rotatable bonds is 4. The van der Waals surface area contributed by atoms with Gasteiger partial charge in [0.1, 0.15) is 6.33 Å². The number of carbonyl (C=O) groups excluding carboxylic acids is 2. The van der Waals surface area contributed by atoms with Crippen LogP contribution in [0.25, 0.3) is 0 Å². The van der Waals surface area contributed by atoms with E-state index in [2.05, 4.69) is 15.4 Å². The van der Waals surface area contributed by atoms with Crippen molar-refractivity contribution in [3.8, 4) is 0 Å². The molecule has 0 radical (unpaired) electrons. The second kappa shape index (κ2) is 6.51. The minimum Gasteiger partial charge on any atom is -0.472 e. The van der Waals surface area contributed by atoms with Crippen molar-refractivity contribution in [1.29, 1.82) is 0 Å². The minimum atomic E-state index is -0.658. The lowest BCUT2D eigenvalue weighted by Crippen LogP contribution is -2.45. The van der Waals surface area contributed by atoms with Gasteiger partial charge in [-0.1, -0.05) is 0 Å². The normalized spacial score (nSPS) is 17.9. The van der Waals surface area contributed by atoms with Crippen LogP contribution >= 0.6 is 0 Å². The molecule has 1 fully saturated rings. The Labute approximate surface area is 132 Å². The summed E-state index contributed by atoms with van der Waals surface area (Å²) in [6, 6.07) is 1.66. The van der Waals surface area contributed by atoms with Gasteiger partial charge in [-0.05, 0) is 18.9 Å². The van der Waals surface area contributed by atoms with E-state index in [9.17, 15) is 9.59 Å². The van der Waals surface area contributed by atoms with Gasteiger partial charge in [-0.3, -0.25) is 4.79 Å². The molecule has 2 aromatic heterocycles. The minimum absolute atomic E-state index is 0.00784. The molecule has 23 heavy (non-hydrogen) atoms. The fourth-order valence-electron chi connectivity index (χ4n) is 2.60. The van der Waals surface area contributed by atoms with Crippen LogP contribution < -0.4 is 11.1 Å². The third kappa shape index (κ3) is 3.50. The maximum Gasteiger partial charge on any atom is 0.317 e. The molecule has 0 bridgehead atoms. The molecule has 0 aromatic carbocycles. The number of hydrogen-bond acceptors (Lipinski definition) is 5. The largest absolute Gasteiger partial charge is 0.472 e. The number of nitrogens with two attached hydrogens (primary N) is 1. The molecule has 0 aliphatic carbocycles. The molecule has 1 aliphatic rings. The Morgan fingerprint density at radius 2 is 2.35 bits per heavy atom. The van der Waals surface area contributed by atoms with Crippen molar-refractivity contribution in [2.24, 2.45) is 5.73 Å². The van der Waals surface area contributed by atoms with Gasteiger partial charge in [0.15, 0.2) is 0 Å². The van der Waals surface area contributed by atoms with Gasteiger partial charge in [-0.15, -0.1) is 5.10 Å². The van der Waals surface area contributed by atoms with Crippen LogP contribution in [0.5, 0.6) is 0 Å². The number of urea groups is 1. The third-order valence-corrected chi connectivity index (χ3v) is 3.81. The highest BCUT2D eigenvalue weighted by molar-refractivity contribution is 5.88. The quantitative estimate of drug-likeness (QED) is 0.851. The average Bonchev–Trinajstić information content (AvgIpc) is 3.24. The van der Waals surface area contributed by atoms with E-state index in [-0.39, 0.29) is 17.9 Å². The van der Waals surface area contributed by atoms with Crippen molar-refractivity contribution >= 4 is 11.9 Å². The summed E-state index contributed by atoms with van der Waals surface area (Å²) >= 11 is 0. The van der Waals surface area contributed by atoms with Gasteiger partial charge in [0.25, 0.3) is 5.91 Å². The predicted octanol–water partition coefficient (Wildman–Crippen LogP) is 0.517. The molecule has 3 rings (SSSR count). The smallest absolute Gasteiger partial charge is 0.317 e. The number of piperidine rings is 1. The molecule has 1 unspecified atom stereocenters. The second-order valence-corrected chi connectivity index (χ2v) is 5.44. The van der Waals surface area contributed by atoms with E-state index in [0.29, 0.717) is 19.6 Å².